The number of aryl methyl sites for hydroxylation is 1. The molecule has 0 aliphatic carbocycles. The molecule has 5 nitrogen and oxygen atoms in total. The summed E-state index contributed by atoms with van der Waals surface area (Å²) in [6.45, 7) is 8.68. The molecule has 0 radical (unpaired) electrons. The average Bonchev–Trinajstić information content (AvgIpc) is 2.91. The van der Waals surface area contributed by atoms with Crippen LogP contribution in [0.25, 0.3) is 5.69 Å². The fourth-order valence-corrected chi connectivity index (χ4v) is 2.92. The molecule has 1 saturated heterocycles. The Morgan fingerprint density at radius 2 is 2.08 bits per heavy atom. The fourth-order valence-electron chi connectivity index (χ4n) is 2.92. The topological polar surface area (TPSA) is 47.4 Å². The standard InChI is InChI=1S/C18H22FN3O2/c1-12-9-15(20-22(12)16-8-6-5-7-14(16)19)17(23)21-10-13(2)24-11-18(21,3)4/h5-9,13H,10-11H2,1-4H3. The Hall–Kier alpha value is -2.21. The summed E-state index contributed by atoms with van der Waals surface area (Å²) in [5, 5.41) is 4.35. The van der Waals surface area contributed by atoms with Gasteiger partial charge in [0.2, 0.25) is 0 Å². The van der Waals surface area contributed by atoms with Crippen LogP contribution >= 0.6 is 0 Å². The van der Waals surface area contributed by atoms with Gasteiger partial charge in [0.15, 0.2) is 5.69 Å². The van der Waals surface area contributed by atoms with Gasteiger partial charge < -0.3 is 9.64 Å². The van der Waals surface area contributed by atoms with Crippen LogP contribution in [0.4, 0.5) is 4.39 Å². The van der Waals surface area contributed by atoms with Crippen molar-refractivity contribution in [3.8, 4) is 5.69 Å². The Morgan fingerprint density at radius 1 is 1.38 bits per heavy atom. The monoisotopic (exact) mass is 331 g/mol. The van der Waals surface area contributed by atoms with Crippen molar-refractivity contribution in [2.24, 2.45) is 0 Å². The van der Waals surface area contributed by atoms with Gasteiger partial charge in [-0.2, -0.15) is 5.10 Å². The number of para-hydroxylation sites is 1. The highest BCUT2D eigenvalue weighted by Gasteiger charge is 2.38. The fraction of sp³-hybridized carbons (Fsp3) is 0.444. The van der Waals surface area contributed by atoms with Gasteiger partial charge in [0.05, 0.1) is 18.2 Å². The Bertz CT molecular complexity index is 769. The molecular formula is C18H22FN3O2. The lowest BCUT2D eigenvalue weighted by Gasteiger charge is -2.44. The maximum atomic E-state index is 14.0. The van der Waals surface area contributed by atoms with Crippen LogP contribution in [-0.2, 0) is 4.74 Å². The van der Waals surface area contributed by atoms with Crippen LogP contribution < -0.4 is 0 Å². The van der Waals surface area contributed by atoms with Crippen LogP contribution in [0.2, 0.25) is 0 Å². The van der Waals surface area contributed by atoms with Crippen molar-refractivity contribution >= 4 is 5.91 Å². The van der Waals surface area contributed by atoms with Crippen molar-refractivity contribution in [1.29, 1.82) is 0 Å². The summed E-state index contributed by atoms with van der Waals surface area (Å²) in [7, 11) is 0. The number of amides is 1. The van der Waals surface area contributed by atoms with E-state index in [9.17, 15) is 9.18 Å². The Labute approximate surface area is 141 Å². The van der Waals surface area contributed by atoms with E-state index >= 15 is 0 Å². The molecule has 1 amide bonds. The number of halogens is 1. The van der Waals surface area contributed by atoms with Crippen LogP contribution in [0.3, 0.4) is 0 Å². The van der Waals surface area contributed by atoms with Gasteiger partial charge in [-0.15, -0.1) is 0 Å². The van der Waals surface area contributed by atoms with Crippen molar-refractivity contribution in [3.05, 3.63) is 47.5 Å². The Kier molecular flexibility index (Phi) is 4.17. The van der Waals surface area contributed by atoms with Crippen LogP contribution in [0.15, 0.2) is 30.3 Å². The van der Waals surface area contributed by atoms with Gasteiger partial charge in [-0.25, -0.2) is 9.07 Å². The first-order valence-electron chi connectivity index (χ1n) is 8.05. The van der Waals surface area contributed by atoms with E-state index in [0.717, 1.165) is 0 Å². The minimum Gasteiger partial charge on any atom is -0.374 e. The highest BCUT2D eigenvalue weighted by Crippen LogP contribution is 2.25. The molecule has 0 saturated carbocycles. The predicted octanol–water partition coefficient (Wildman–Crippen LogP) is 2.96. The minimum atomic E-state index is -0.403. The molecule has 2 aromatic rings. The number of nitrogens with zero attached hydrogens (tertiary/aromatic N) is 3. The number of rotatable bonds is 2. The molecule has 0 N–H and O–H groups in total. The molecule has 0 spiro atoms. The van der Waals surface area contributed by atoms with Gasteiger partial charge >= 0.3 is 0 Å². The molecule has 2 heterocycles. The van der Waals surface area contributed by atoms with Gasteiger partial charge in [-0.3, -0.25) is 4.79 Å². The molecule has 0 bridgehead atoms. The van der Waals surface area contributed by atoms with Crippen molar-refractivity contribution in [2.75, 3.05) is 13.2 Å². The molecular weight excluding hydrogens is 309 g/mol. The van der Waals surface area contributed by atoms with E-state index in [-0.39, 0.29) is 17.8 Å². The van der Waals surface area contributed by atoms with Crippen LogP contribution in [0.5, 0.6) is 0 Å². The lowest BCUT2D eigenvalue weighted by molar-refractivity contribution is -0.0757. The first-order valence-corrected chi connectivity index (χ1v) is 8.05. The van der Waals surface area contributed by atoms with E-state index in [2.05, 4.69) is 5.10 Å². The molecule has 6 heteroatoms. The van der Waals surface area contributed by atoms with Gasteiger partial charge in [-0.1, -0.05) is 12.1 Å². The summed E-state index contributed by atoms with van der Waals surface area (Å²) in [5.41, 5.74) is 0.961. The maximum absolute atomic E-state index is 14.0. The second-order valence-electron chi connectivity index (χ2n) is 6.88. The lowest BCUT2D eigenvalue weighted by Crippen LogP contribution is -2.57. The summed E-state index contributed by atoms with van der Waals surface area (Å²) >= 11 is 0. The van der Waals surface area contributed by atoms with Gasteiger partial charge in [0, 0.05) is 12.2 Å². The van der Waals surface area contributed by atoms with Crippen LogP contribution in [0.1, 0.15) is 37.0 Å². The van der Waals surface area contributed by atoms with E-state index in [4.69, 9.17) is 4.74 Å². The lowest BCUT2D eigenvalue weighted by atomic mass is 10.0. The number of morpholine rings is 1. The molecule has 24 heavy (non-hydrogen) atoms. The average molecular weight is 331 g/mol. The van der Waals surface area contributed by atoms with Crippen LogP contribution in [0, 0.1) is 12.7 Å². The maximum Gasteiger partial charge on any atom is 0.274 e. The molecule has 1 unspecified atom stereocenters. The van der Waals surface area contributed by atoms with E-state index < -0.39 is 5.54 Å². The third-order valence-electron chi connectivity index (χ3n) is 4.32. The van der Waals surface area contributed by atoms with Gasteiger partial charge in [0.25, 0.3) is 5.91 Å². The van der Waals surface area contributed by atoms with E-state index in [1.54, 1.807) is 29.2 Å². The van der Waals surface area contributed by atoms with Crippen molar-refractivity contribution in [3.63, 3.8) is 0 Å². The zero-order valence-electron chi connectivity index (χ0n) is 14.4. The van der Waals surface area contributed by atoms with Gasteiger partial charge in [0.1, 0.15) is 11.5 Å². The molecule has 1 aliphatic heterocycles. The largest absolute Gasteiger partial charge is 0.374 e. The summed E-state index contributed by atoms with van der Waals surface area (Å²) in [5.74, 6) is -0.531. The third-order valence-corrected chi connectivity index (χ3v) is 4.32. The Morgan fingerprint density at radius 3 is 2.79 bits per heavy atom. The first kappa shape index (κ1) is 16.6. The van der Waals surface area contributed by atoms with E-state index in [1.807, 2.05) is 27.7 Å². The minimum absolute atomic E-state index is 0.0169. The normalized spacial score (nSPS) is 20.2. The van der Waals surface area contributed by atoms with E-state index in [1.165, 1.54) is 10.7 Å². The number of hydrogen-bond acceptors (Lipinski definition) is 3. The third kappa shape index (κ3) is 2.94. The number of carbonyl (C=O) groups excluding carboxylic acids is 1. The summed E-state index contributed by atoms with van der Waals surface area (Å²) < 4.78 is 21.1. The van der Waals surface area contributed by atoms with Crippen LogP contribution in [-0.4, -0.2) is 45.4 Å². The summed E-state index contributed by atoms with van der Waals surface area (Å²) in [4.78, 5) is 14.7. The summed E-state index contributed by atoms with van der Waals surface area (Å²) in [6, 6.07) is 8.09. The number of aromatic nitrogens is 2. The molecule has 3 rings (SSSR count). The van der Waals surface area contributed by atoms with Crippen molar-refractivity contribution in [2.45, 2.75) is 39.3 Å². The van der Waals surface area contributed by atoms with Crippen molar-refractivity contribution in [1.82, 2.24) is 14.7 Å². The summed E-state index contributed by atoms with van der Waals surface area (Å²) in [6.07, 6.45) is -0.0169. The molecule has 1 atom stereocenters. The number of benzene rings is 1. The predicted molar refractivity (Wildman–Crippen MR) is 88.8 cm³/mol. The quantitative estimate of drug-likeness (QED) is 0.850. The number of hydrogen-bond donors (Lipinski definition) is 0. The first-order chi connectivity index (χ1) is 11.3. The zero-order valence-corrected chi connectivity index (χ0v) is 14.4. The second kappa shape index (κ2) is 6.02. The van der Waals surface area contributed by atoms with Crippen molar-refractivity contribution < 1.29 is 13.9 Å². The molecule has 1 aromatic heterocycles. The molecule has 1 aliphatic rings. The number of ether oxygens (including phenoxy) is 1. The smallest absolute Gasteiger partial charge is 0.274 e. The Balaban J connectivity index is 1.95. The van der Waals surface area contributed by atoms with E-state index in [0.29, 0.717) is 30.2 Å². The SMILES string of the molecule is Cc1cc(C(=O)N2CC(C)OCC2(C)C)nn1-c1ccccc1F. The number of carbonyl (C=O) groups is 1. The molecule has 1 fully saturated rings. The molecule has 1 aromatic carbocycles. The highest BCUT2D eigenvalue weighted by molar-refractivity contribution is 5.93. The highest BCUT2D eigenvalue weighted by atomic mass is 19.1. The van der Waals surface area contributed by atoms with Gasteiger partial charge in [-0.05, 0) is 45.9 Å². The molecule has 128 valence electrons. The zero-order chi connectivity index (χ0) is 17.5. The second-order valence-corrected chi connectivity index (χ2v) is 6.88.